The van der Waals surface area contributed by atoms with Crippen molar-refractivity contribution in [3.63, 3.8) is 0 Å². The molecule has 17 heavy (non-hydrogen) atoms. The number of carbonyl (C=O) groups is 1. The molecule has 4 nitrogen and oxygen atoms in total. The first kappa shape index (κ1) is 11.5. The third-order valence-corrected chi connectivity index (χ3v) is 2.69. The van der Waals surface area contributed by atoms with E-state index in [-0.39, 0.29) is 5.78 Å². The molecule has 0 N–H and O–H groups in total. The Hall–Kier alpha value is -2.02. The van der Waals surface area contributed by atoms with Gasteiger partial charge in [-0.15, -0.1) is 5.26 Å². The predicted molar refractivity (Wildman–Crippen MR) is 61.1 cm³/mol. The van der Waals surface area contributed by atoms with Gasteiger partial charge in [0.15, 0.2) is 5.78 Å². The minimum absolute atomic E-state index is 0.0669. The summed E-state index contributed by atoms with van der Waals surface area (Å²) in [6, 6.07) is 3.26. The van der Waals surface area contributed by atoms with Gasteiger partial charge in [-0.3, -0.25) is 4.79 Å². The molecule has 0 spiro atoms. The van der Waals surface area contributed by atoms with Gasteiger partial charge in [0.05, 0.1) is 12.0 Å². The molecule has 0 fully saturated rings. The van der Waals surface area contributed by atoms with Gasteiger partial charge in [-0.25, -0.2) is 0 Å². The molecule has 0 aliphatic carbocycles. The quantitative estimate of drug-likeness (QED) is 0.697. The lowest BCUT2D eigenvalue weighted by molar-refractivity contribution is 0.0618. The molecule has 0 aromatic heterocycles. The number of nitrogens with zero attached hydrogens (tertiary/aromatic N) is 1. The van der Waals surface area contributed by atoms with Gasteiger partial charge in [-0.05, 0) is 32.4 Å². The third-order valence-electron chi connectivity index (χ3n) is 2.69. The molecule has 0 amide bonds. The van der Waals surface area contributed by atoms with Gasteiger partial charge >= 0.3 is 0 Å². The average molecular weight is 231 g/mol. The molecule has 4 heteroatoms. The van der Waals surface area contributed by atoms with Gasteiger partial charge in [0.25, 0.3) is 6.26 Å². The Balaban J connectivity index is 2.54. The van der Waals surface area contributed by atoms with Crippen LogP contribution >= 0.6 is 0 Å². The molecular weight excluding hydrogens is 218 g/mol. The van der Waals surface area contributed by atoms with Crippen LogP contribution in [0.25, 0.3) is 0 Å². The zero-order chi connectivity index (χ0) is 12.6. The van der Waals surface area contributed by atoms with Gasteiger partial charge in [-0.2, -0.15) is 0 Å². The Morgan fingerprint density at radius 2 is 2.18 bits per heavy atom. The molecule has 0 radical (unpaired) electrons. The van der Waals surface area contributed by atoms with Crippen LogP contribution in [0.2, 0.25) is 0 Å². The first-order valence-electron chi connectivity index (χ1n) is 5.36. The second-order valence-corrected chi connectivity index (χ2v) is 4.77. The SMILES string of the molecule is Cc1cc(OC#N)cc2c1C(=O)CC(C)(C)O2. The van der Waals surface area contributed by atoms with Crippen molar-refractivity contribution in [3.8, 4) is 17.8 Å². The number of rotatable bonds is 1. The summed E-state index contributed by atoms with van der Waals surface area (Å²) >= 11 is 0. The fraction of sp³-hybridized carbons (Fsp3) is 0.385. The maximum Gasteiger partial charge on any atom is 0.292 e. The summed E-state index contributed by atoms with van der Waals surface area (Å²) in [7, 11) is 0. The van der Waals surface area contributed by atoms with E-state index in [1.807, 2.05) is 20.8 Å². The second kappa shape index (κ2) is 3.77. The first-order chi connectivity index (χ1) is 7.93. The molecule has 0 saturated heterocycles. The van der Waals surface area contributed by atoms with Gasteiger partial charge in [0, 0.05) is 6.07 Å². The Kier molecular flexibility index (Phi) is 2.55. The number of hydrogen-bond acceptors (Lipinski definition) is 4. The normalized spacial score (nSPS) is 16.7. The average Bonchev–Trinajstić information content (AvgIpc) is 2.13. The number of fused-ring (bicyclic) bond motifs is 1. The first-order valence-corrected chi connectivity index (χ1v) is 5.36. The van der Waals surface area contributed by atoms with Crippen molar-refractivity contribution in [1.29, 1.82) is 5.26 Å². The number of carbonyl (C=O) groups excluding carboxylic acids is 1. The number of hydrogen-bond donors (Lipinski definition) is 0. The van der Waals surface area contributed by atoms with E-state index in [4.69, 9.17) is 14.7 Å². The zero-order valence-corrected chi connectivity index (χ0v) is 10.0. The molecule has 0 saturated carbocycles. The van der Waals surface area contributed by atoms with Crippen LogP contribution in [0.3, 0.4) is 0 Å². The molecule has 1 aliphatic heterocycles. The van der Waals surface area contributed by atoms with Crippen molar-refractivity contribution in [2.75, 3.05) is 0 Å². The lowest BCUT2D eigenvalue weighted by atomic mass is 9.90. The van der Waals surface area contributed by atoms with E-state index in [1.54, 1.807) is 18.4 Å². The molecule has 0 bridgehead atoms. The molecule has 1 aromatic rings. The number of ketones is 1. The van der Waals surface area contributed by atoms with Crippen molar-refractivity contribution < 1.29 is 14.3 Å². The highest BCUT2D eigenvalue weighted by Gasteiger charge is 2.33. The lowest BCUT2D eigenvalue weighted by Crippen LogP contribution is -2.36. The smallest absolute Gasteiger partial charge is 0.292 e. The highest BCUT2D eigenvalue weighted by molar-refractivity contribution is 6.01. The van der Waals surface area contributed by atoms with E-state index in [0.717, 1.165) is 5.56 Å². The lowest BCUT2D eigenvalue weighted by Gasteiger charge is -2.32. The van der Waals surface area contributed by atoms with E-state index in [1.165, 1.54) is 0 Å². The summed E-state index contributed by atoms with van der Waals surface area (Å²) in [6.07, 6.45) is 1.97. The molecule has 88 valence electrons. The Morgan fingerprint density at radius 1 is 1.47 bits per heavy atom. The van der Waals surface area contributed by atoms with Crippen molar-refractivity contribution in [2.45, 2.75) is 32.8 Å². The summed E-state index contributed by atoms with van der Waals surface area (Å²) in [4.78, 5) is 12.0. The largest absolute Gasteiger partial charge is 0.486 e. The molecule has 0 unspecified atom stereocenters. The van der Waals surface area contributed by atoms with Crippen LogP contribution in [0.15, 0.2) is 12.1 Å². The van der Waals surface area contributed by atoms with E-state index in [0.29, 0.717) is 23.5 Å². The Morgan fingerprint density at radius 3 is 2.82 bits per heavy atom. The third kappa shape index (κ3) is 2.09. The van der Waals surface area contributed by atoms with Crippen LogP contribution in [-0.2, 0) is 0 Å². The number of nitriles is 1. The van der Waals surface area contributed by atoms with Crippen molar-refractivity contribution in [3.05, 3.63) is 23.3 Å². The maximum atomic E-state index is 12.0. The Labute approximate surface area is 99.8 Å². The topological polar surface area (TPSA) is 59.3 Å². The molecule has 1 aliphatic rings. The number of Topliss-reactive ketones (excluding diaryl/α,β-unsaturated/α-hetero) is 1. The maximum absolute atomic E-state index is 12.0. The second-order valence-electron chi connectivity index (χ2n) is 4.77. The summed E-state index contributed by atoms with van der Waals surface area (Å²) in [5.74, 6) is 0.961. The van der Waals surface area contributed by atoms with Gasteiger partial charge in [0.2, 0.25) is 0 Å². The fourth-order valence-corrected chi connectivity index (χ4v) is 2.08. The van der Waals surface area contributed by atoms with Crippen LogP contribution < -0.4 is 9.47 Å². The van der Waals surface area contributed by atoms with Gasteiger partial charge in [-0.1, -0.05) is 0 Å². The van der Waals surface area contributed by atoms with Gasteiger partial charge < -0.3 is 9.47 Å². The van der Waals surface area contributed by atoms with Crippen molar-refractivity contribution in [1.82, 2.24) is 0 Å². The summed E-state index contributed by atoms with van der Waals surface area (Å²) in [5.41, 5.74) is 0.852. The summed E-state index contributed by atoms with van der Waals surface area (Å²) in [6.45, 7) is 5.53. The van der Waals surface area contributed by atoms with Crippen molar-refractivity contribution in [2.24, 2.45) is 0 Å². The standard InChI is InChI=1S/C13H13NO3/c1-8-4-9(16-7-14)5-11-12(8)10(15)6-13(2,3)17-11/h4-5H,6H2,1-3H3. The van der Waals surface area contributed by atoms with Crippen LogP contribution in [0.4, 0.5) is 0 Å². The highest BCUT2D eigenvalue weighted by atomic mass is 16.5. The minimum Gasteiger partial charge on any atom is -0.486 e. The number of aryl methyl sites for hydroxylation is 1. The predicted octanol–water partition coefficient (Wildman–Crippen LogP) is 2.60. The van der Waals surface area contributed by atoms with E-state index in [9.17, 15) is 4.79 Å². The van der Waals surface area contributed by atoms with Crippen molar-refractivity contribution >= 4 is 5.78 Å². The minimum atomic E-state index is -0.512. The zero-order valence-electron chi connectivity index (χ0n) is 10.0. The summed E-state index contributed by atoms with van der Waals surface area (Å²) in [5, 5.41) is 8.49. The Bertz CT molecular complexity index is 526. The monoisotopic (exact) mass is 231 g/mol. The van der Waals surface area contributed by atoms with Crippen LogP contribution in [0.1, 0.15) is 36.2 Å². The molecule has 0 atom stereocenters. The molecular formula is C13H13NO3. The van der Waals surface area contributed by atoms with E-state index < -0.39 is 5.60 Å². The summed E-state index contributed by atoms with van der Waals surface area (Å²) < 4.78 is 10.5. The van der Waals surface area contributed by atoms with E-state index >= 15 is 0 Å². The van der Waals surface area contributed by atoms with Crippen LogP contribution in [-0.4, -0.2) is 11.4 Å². The molecule has 2 rings (SSSR count). The number of benzene rings is 1. The molecule has 1 aromatic carbocycles. The van der Waals surface area contributed by atoms with Crippen LogP contribution in [0.5, 0.6) is 11.5 Å². The van der Waals surface area contributed by atoms with Gasteiger partial charge in [0.1, 0.15) is 17.1 Å². The highest BCUT2D eigenvalue weighted by Crippen LogP contribution is 2.37. The van der Waals surface area contributed by atoms with Crippen LogP contribution in [0, 0.1) is 18.4 Å². The van der Waals surface area contributed by atoms with E-state index in [2.05, 4.69) is 0 Å². The fourth-order valence-electron chi connectivity index (χ4n) is 2.08. The molecule has 1 heterocycles. The number of ether oxygens (including phenoxy) is 2.